The van der Waals surface area contributed by atoms with Crippen LogP contribution < -0.4 is 68.0 Å². The monoisotopic (exact) mass is 1750 g/mol. The topological polar surface area (TPSA) is 300 Å². The predicted octanol–water partition coefficient (Wildman–Crippen LogP) is 13.4. The number of alkyl halides is 3. The van der Waals surface area contributed by atoms with Gasteiger partial charge in [0.05, 0.1) is 36.9 Å². The molecule has 2 amide bonds. The Balaban J connectivity index is 0.000000222. The predicted molar refractivity (Wildman–Crippen MR) is 421 cm³/mol. The van der Waals surface area contributed by atoms with Crippen molar-refractivity contribution in [2.45, 2.75) is 208 Å². The number of hydrogen-bond donors (Lipinski definition) is 2. The molecule has 3 aliphatic heterocycles. The molecule has 0 radical (unpaired) electrons. The van der Waals surface area contributed by atoms with Crippen molar-refractivity contribution in [3.05, 3.63) is 132 Å². The van der Waals surface area contributed by atoms with Gasteiger partial charge in [-0.05, 0) is 147 Å². The number of halogens is 8. The first-order valence-corrected chi connectivity index (χ1v) is 46.5. The van der Waals surface area contributed by atoms with Crippen molar-refractivity contribution < 1.29 is 111 Å². The van der Waals surface area contributed by atoms with Gasteiger partial charge in [-0.25, -0.2) is 70.1 Å². The number of carbonyl (C=O) groups excluding carboxylic acids is 2. The molecule has 0 spiro atoms. The largest absolute Gasteiger partial charge is 1.00 e. The molecule has 6 aliphatic rings. The van der Waals surface area contributed by atoms with E-state index in [1.165, 1.54) is 87.6 Å². The van der Waals surface area contributed by atoms with E-state index in [9.17, 15) is 23.5 Å². The van der Waals surface area contributed by atoms with E-state index in [1.807, 2.05) is 13.8 Å². The molecular weight excluding hydrogens is 1650 g/mol. The van der Waals surface area contributed by atoms with E-state index in [2.05, 4.69) is 107 Å². The maximum Gasteiger partial charge on any atom is 1.00 e. The summed E-state index contributed by atoms with van der Waals surface area (Å²) in [5, 5.41) is 30.7. The molecule has 11 rings (SSSR count). The molecule has 4 N–H and O–H groups in total. The molecule has 2 aromatic heterocycles. The van der Waals surface area contributed by atoms with Gasteiger partial charge in [0.15, 0.2) is 15.5 Å². The summed E-state index contributed by atoms with van der Waals surface area (Å²) in [6.07, 6.45) is 3.63. The maximum atomic E-state index is 15.4. The number of aromatic nitrogens is 6. The van der Waals surface area contributed by atoms with E-state index in [4.69, 9.17) is 45.9 Å². The fraction of sp³-hybridized carbons (Fsp3) is 0.620. The molecule has 3 aromatic carbocycles. The summed E-state index contributed by atoms with van der Waals surface area (Å²) in [5.74, 6) is -2.63. The molecule has 3 aliphatic carbocycles. The van der Waals surface area contributed by atoms with Gasteiger partial charge in [-0.3, -0.25) is 0 Å². The first-order valence-electron chi connectivity index (χ1n) is 35.0. The third kappa shape index (κ3) is 22.7. The Morgan fingerprint density at radius 1 is 0.630 bits per heavy atom. The van der Waals surface area contributed by atoms with Gasteiger partial charge in [-0.15, -0.1) is 15.8 Å². The SMILES string of the molecule is CC(C)(C)OC(=O)N(COCC[Si](C)(C)C)C1=N[C@](CF)(c2cc(Br)ccc2F)[C@@H]2C[C@]2(CN=[N+]=[N-])S1.CC(C)(C)[O-].Cc1cnnn1C[C@]12C[C@H]1[C@@](CF)(c1cc(Br)ccc1F)N=C(N(COCC[Si](C)(C)C)C(=O)OC(C)(C)C)S2.Cc1cnnn1C[C@]12C[C@H]1[C@@](CF)(c1cc(N)ccc1F)N=C(N)S2.[K+]. The van der Waals surface area contributed by atoms with E-state index < -0.39 is 115 Å². The van der Waals surface area contributed by atoms with Crippen molar-refractivity contribution in [2.75, 3.05) is 59.0 Å². The fourth-order valence-corrected chi connectivity index (χ4v) is 19.5. The van der Waals surface area contributed by atoms with Crippen molar-refractivity contribution in [1.82, 2.24) is 39.8 Å². The Bertz CT molecular complexity index is 4180. The number of azide groups is 1. The van der Waals surface area contributed by atoms with E-state index >= 15 is 17.6 Å². The number of fused-ring (bicyclic) bond motifs is 3. The number of amidine groups is 3. The number of nitrogen functional groups attached to an aromatic ring is 1. The normalized spacial score (nSPS) is 25.2. The van der Waals surface area contributed by atoms with Crippen LogP contribution in [0.1, 0.15) is 110 Å². The Kier molecular flexibility index (Phi) is 30.2. The van der Waals surface area contributed by atoms with Crippen LogP contribution in [-0.2, 0) is 48.7 Å². The van der Waals surface area contributed by atoms with Crippen LogP contribution in [0.25, 0.3) is 10.4 Å². The zero-order valence-corrected chi connectivity index (χ0v) is 75.5. The van der Waals surface area contributed by atoms with Crippen molar-refractivity contribution in [1.29, 1.82) is 0 Å². The number of aryl methyl sites for hydroxylation is 2. The van der Waals surface area contributed by atoms with E-state index in [0.29, 0.717) is 60.2 Å². The molecule has 23 nitrogen and oxygen atoms in total. The van der Waals surface area contributed by atoms with Gasteiger partial charge < -0.3 is 35.5 Å². The summed E-state index contributed by atoms with van der Waals surface area (Å²) in [4.78, 5) is 46.3. The number of benzene rings is 3. The first kappa shape index (κ1) is 91.1. The number of hydrogen-bond acceptors (Lipinski definition) is 20. The van der Waals surface area contributed by atoms with Gasteiger partial charge in [0, 0.05) is 104 Å². The molecule has 0 bridgehead atoms. The zero-order chi connectivity index (χ0) is 79.5. The van der Waals surface area contributed by atoms with Crippen LogP contribution in [0.3, 0.4) is 0 Å². The van der Waals surface area contributed by atoms with Gasteiger partial charge in [0.25, 0.3) is 0 Å². The number of thioether (sulfide) groups is 3. The van der Waals surface area contributed by atoms with Crippen LogP contribution in [0.5, 0.6) is 0 Å². The standard InChI is InChI=1S/C27H38BrF2N5O3SSi.C24H34BrF2N5O3SSi.C16H18F2N6S.C4H9O.K/c1-18-14-31-33-35(18)16-26-13-22(26)27(15-29,20-12-19(28)8-9-21(20)30)32-23(39-26)34(24(36)38-25(2,3)4)17-37-10-11-40(5,6)7;1-22(2,3)35-21(33)32(15-34-9-10-37(4,5)6)20-30-24(13-26,17-11-16(25)7-8-18(17)27)19-12-23(19,36-20)14-29-31-28;1-9-6-21-23-24(9)8-15-5-13(15)16(7-17,22-14(20)25-15)11-4-10(19)2-3-12(11)18;1-4(2,3)5;/h8-9,12,14,22H,10-11,13,15-17H2,1-7H3;7-8,11,19H,9-10,12-15H2,1-6H3;2-4,6,13H,5,7-8,19H2,1H3,(H2,20,22);1-3H3;/q;;;-1;+1/t22-,26-,27-;19-,23-,24-;13-,15-,16-;;/m111../s1. The summed E-state index contributed by atoms with van der Waals surface area (Å²) in [5.41, 5.74) is 16.5. The Morgan fingerprint density at radius 2 is 0.991 bits per heavy atom. The summed E-state index contributed by atoms with van der Waals surface area (Å²) in [7, 11) is -2.77. The molecule has 0 saturated heterocycles. The number of aliphatic imine (C=N–C) groups is 3. The molecule has 5 heterocycles. The molecule has 588 valence electrons. The Labute approximate surface area is 702 Å². The molecular formula is C71H99Br2F6KN16O7S3Si2. The van der Waals surface area contributed by atoms with Crippen molar-refractivity contribution in [3.8, 4) is 0 Å². The van der Waals surface area contributed by atoms with Crippen molar-refractivity contribution >= 4 is 117 Å². The Morgan fingerprint density at radius 3 is 1.36 bits per heavy atom. The minimum Gasteiger partial charge on any atom is -0.850 e. The number of amides is 2. The molecule has 3 fully saturated rings. The smallest absolute Gasteiger partial charge is 0.850 e. The average Bonchev–Trinajstić information content (AvgIpc) is 1.54. The van der Waals surface area contributed by atoms with Crippen LogP contribution in [0.2, 0.25) is 51.4 Å². The second-order valence-corrected chi connectivity index (χ2v) is 50.5. The summed E-state index contributed by atoms with van der Waals surface area (Å²) in [6, 6.07) is 14.7. The van der Waals surface area contributed by atoms with Crippen LogP contribution in [-0.4, -0.2) is 168 Å². The number of carbonyl (C=O) groups is 2. The minimum atomic E-state index is -1.60. The van der Waals surface area contributed by atoms with Crippen molar-refractivity contribution in [2.24, 2.45) is 43.6 Å². The first-order chi connectivity index (χ1) is 49.7. The molecule has 5 aromatic rings. The maximum absolute atomic E-state index is 15.4. The second-order valence-electron chi connectivity index (χ2n) is 33.3. The van der Waals surface area contributed by atoms with Crippen LogP contribution >= 0.6 is 67.1 Å². The summed E-state index contributed by atoms with van der Waals surface area (Å²) >= 11 is 10.8. The minimum absolute atomic E-state index is 0. The number of nitrogens with zero attached hydrogens (tertiary/aromatic N) is 14. The molecule has 3 saturated carbocycles. The summed E-state index contributed by atoms with van der Waals surface area (Å²) in [6.45, 7) is 31.5. The zero-order valence-electron chi connectivity index (χ0n) is 64.7. The third-order valence-electron chi connectivity index (χ3n) is 18.4. The average molecular weight is 1750 g/mol. The third-order valence-corrected chi connectivity index (χ3v) is 27.1. The number of anilines is 1. The van der Waals surface area contributed by atoms with E-state index in [1.54, 1.807) is 96.2 Å². The molecule has 0 unspecified atom stereocenters. The molecule has 37 heteroatoms. The second kappa shape index (κ2) is 35.8. The number of nitrogens with two attached hydrogens (primary N) is 2. The van der Waals surface area contributed by atoms with Crippen LogP contribution in [0.4, 0.5) is 41.6 Å². The van der Waals surface area contributed by atoms with Gasteiger partial charge in [-0.2, -0.15) is 0 Å². The number of rotatable bonds is 22. The van der Waals surface area contributed by atoms with Crippen LogP contribution in [0.15, 0.2) is 96.0 Å². The van der Waals surface area contributed by atoms with Gasteiger partial charge in [-0.1, -0.05) is 143 Å². The molecule has 108 heavy (non-hydrogen) atoms. The quantitative estimate of drug-likeness (QED) is 0.00951. The number of ether oxygens (including phenoxy) is 4. The summed E-state index contributed by atoms with van der Waals surface area (Å²) < 4.78 is 116. The van der Waals surface area contributed by atoms with Gasteiger partial charge in [0.1, 0.15) is 78.8 Å². The van der Waals surface area contributed by atoms with E-state index in [-0.39, 0.29) is 120 Å². The molecule has 9 atom stereocenters. The van der Waals surface area contributed by atoms with E-state index in [0.717, 1.165) is 23.5 Å². The van der Waals surface area contributed by atoms with Gasteiger partial charge in [0.2, 0.25) is 0 Å². The van der Waals surface area contributed by atoms with Crippen molar-refractivity contribution in [3.63, 3.8) is 0 Å². The Hall–Kier alpha value is -4.06. The van der Waals surface area contributed by atoms with Crippen LogP contribution in [0, 0.1) is 49.1 Å². The van der Waals surface area contributed by atoms with Gasteiger partial charge >= 0.3 is 63.6 Å². The fourth-order valence-electron chi connectivity index (χ4n) is 12.8.